The van der Waals surface area contributed by atoms with Gasteiger partial charge in [0.15, 0.2) is 11.6 Å². The van der Waals surface area contributed by atoms with Gasteiger partial charge in [0, 0.05) is 32.1 Å². The molecule has 2 saturated heterocycles. The fourth-order valence-corrected chi connectivity index (χ4v) is 5.23. The normalized spacial score (nSPS) is 21.7. The van der Waals surface area contributed by atoms with Crippen molar-refractivity contribution in [2.45, 2.75) is 64.0 Å². The summed E-state index contributed by atoms with van der Waals surface area (Å²) in [4.78, 5) is 46.8. The number of piperazine rings is 1. The Morgan fingerprint density at radius 1 is 1.10 bits per heavy atom. The fraction of sp³-hybridized carbons (Fsp3) is 0.538. The van der Waals surface area contributed by atoms with Crippen LogP contribution in [0.4, 0.5) is 28.2 Å². The first-order valence-corrected chi connectivity index (χ1v) is 12.8. The molecule has 2 amide bonds. The number of hydrogen-bond donors (Lipinski definition) is 0. The molecule has 40 heavy (non-hydrogen) atoms. The monoisotopic (exact) mass is 567 g/mol. The quantitative estimate of drug-likeness (QED) is 0.525. The molecule has 216 valence electrons. The van der Waals surface area contributed by atoms with E-state index in [1.54, 1.807) is 26.8 Å². The molecule has 2 unspecified atom stereocenters. The van der Waals surface area contributed by atoms with Crippen molar-refractivity contribution >= 4 is 17.8 Å². The Morgan fingerprint density at radius 3 is 2.55 bits per heavy atom. The standard InChI is InChI=1S/C26H29F4N5O5/c1-25(2,3)40-24(38)35-14-26(29,30)10-19(35)22(36)32-6-7-33-16(11-32)12-34-21(33)9-20(31-23(34)37)39-13-15-4-5-17(27)18(28)8-15/h4-5,8-9,16,19H,6-7,10-14H2,1-3H3. The third-order valence-corrected chi connectivity index (χ3v) is 7.00. The van der Waals surface area contributed by atoms with Crippen molar-refractivity contribution in [3.8, 4) is 5.88 Å². The van der Waals surface area contributed by atoms with Crippen molar-refractivity contribution in [2.24, 2.45) is 0 Å². The molecular formula is C26H29F4N5O5. The van der Waals surface area contributed by atoms with Gasteiger partial charge in [0.05, 0.1) is 19.1 Å². The van der Waals surface area contributed by atoms with Gasteiger partial charge in [0.2, 0.25) is 11.8 Å². The molecule has 10 nitrogen and oxygen atoms in total. The average molecular weight is 568 g/mol. The van der Waals surface area contributed by atoms with Gasteiger partial charge in [-0.15, -0.1) is 0 Å². The van der Waals surface area contributed by atoms with E-state index in [4.69, 9.17) is 9.47 Å². The number of carbonyl (C=O) groups is 2. The van der Waals surface area contributed by atoms with Crippen molar-refractivity contribution in [3.05, 3.63) is 51.9 Å². The first-order chi connectivity index (χ1) is 18.7. The van der Waals surface area contributed by atoms with Crippen LogP contribution < -0.4 is 15.3 Å². The van der Waals surface area contributed by atoms with Crippen LogP contribution in [0.2, 0.25) is 0 Å². The first-order valence-electron chi connectivity index (χ1n) is 12.8. The molecule has 2 fully saturated rings. The third kappa shape index (κ3) is 5.56. The van der Waals surface area contributed by atoms with Crippen LogP contribution in [0.1, 0.15) is 32.8 Å². The molecule has 2 atom stereocenters. The third-order valence-electron chi connectivity index (χ3n) is 7.00. The van der Waals surface area contributed by atoms with E-state index >= 15 is 0 Å². The predicted molar refractivity (Wildman–Crippen MR) is 133 cm³/mol. The lowest BCUT2D eigenvalue weighted by atomic mass is 10.1. The Labute approximate surface area is 227 Å². The van der Waals surface area contributed by atoms with Crippen LogP contribution >= 0.6 is 0 Å². The summed E-state index contributed by atoms with van der Waals surface area (Å²) in [6.07, 6.45) is -1.76. The highest BCUT2D eigenvalue weighted by atomic mass is 19.3. The lowest BCUT2D eigenvalue weighted by molar-refractivity contribution is -0.137. The van der Waals surface area contributed by atoms with Crippen molar-refractivity contribution in [3.63, 3.8) is 0 Å². The van der Waals surface area contributed by atoms with Crippen molar-refractivity contribution in [1.29, 1.82) is 0 Å². The zero-order valence-electron chi connectivity index (χ0n) is 22.2. The maximum atomic E-state index is 14.3. The van der Waals surface area contributed by atoms with E-state index in [2.05, 4.69) is 4.98 Å². The van der Waals surface area contributed by atoms with E-state index in [1.165, 1.54) is 15.5 Å². The second-order valence-electron chi connectivity index (χ2n) is 11.2. The summed E-state index contributed by atoms with van der Waals surface area (Å²) in [5.74, 6) is -5.31. The Morgan fingerprint density at radius 2 is 1.85 bits per heavy atom. The molecule has 0 N–H and O–H groups in total. The maximum absolute atomic E-state index is 14.3. The van der Waals surface area contributed by atoms with E-state index in [0.29, 0.717) is 17.9 Å². The molecule has 3 aliphatic rings. The Bertz CT molecular complexity index is 1390. The highest BCUT2D eigenvalue weighted by molar-refractivity contribution is 5.87. The summed E-state index contributed by atoms with van der Waals surface area (Å²) in [5, 5.41) is 0. The SMILES string of the molecule is CC(C)(C)OC(=O)N1CC(F)(F)CC1C(=O)N1CCN2c3cc(OCc4ccc(F)c(F)c4)nc(=O)n3CC2C1. The predicted octanol–water partition coefficient (Wildman–Crippen LogP) is 2.78. The van der Waals surface area contributed by atoms with Crippen LogP contribution in [0.3, 0.4) is 0 Å². The number of carbonyl (C=O) groups excluding carboxylic acids is 2. The number of rotatable bonds is 4. The van der Waals surface area contributed by atoms with Gasteiger partial charge in [-0.3, -0.25) is 14.3 Å². The van der Waals surface area contributed by atoms with Gasteiger partial charge < -0.3 is 19.3 Å². The molecule has 4 heterocycles. The minimum absolute atomic E-state index is 0.00123. The molecule has 5 rings (SSSR count). The maximum Gasteiger partial charge on any atom is 0.411 e. The van der Waals surface area contributed by atoms with E-state index < -0.39 is 59.9 Å². The van der Waals surface area contributed by atoms with Gasteiger partial charge in [-0.2, -0.15) is 4.98 Å². The number of ether oxygens (including phenoxy) is 2. The number of anilines is 1. The van der Waals surface area contributed by atoms with Crippen molar-refractivity contribution in [2.75, 3.05) is 31.1 Å². The molecule has 0 spiro atoms. The number of hydrogen-bond acceptors (Lipinski definition) is 7. The lowest BCUT2D eigenvalue weighted by Crippen LogP contribution is -2.57. The number of fused-ring (bicyclic) bond motifs is 3. The molecule has 1 aromatic heterocycles. The van der Waals surface area contributed by atoms with Gasteiger partial charge in [-0.1, -0.05) is 6.07 Å². The summed E-state index contributed by atoms with van der Waals surface area (Å²) in [6.45, 7) is 4.65. The first kappa shape index (κ1) is 27.7. The van der Waals surface area contributed by atoms with Crippen LogP contribution in [-0.4, -0.2) is 81.1 Å². The smallest absolute Gasteiger partial charge is 0.411 e. The van der Waals surface area contributed by atoms with Gasteiger partial charge in [-0.25, -0.2) is 27.2 Å². The van der Waals surface area contributed by atoms with Crippen LogP contribution in [0.25, 0.3) is 0 Å². The summed E-state index contributed by atoms with van der Waals surface area (Å²) in [6, 6.07) is 3.19. The number of aromatic nitrogens is 2. The molecule has 0 radical (unpaired) electrons. The number of likely N-dealkylation sites (tertiary alicyclic amines) is 1. The zero-order valence-corrected chi connectivity index (χ0v) is 22.2. The van der Waals surface area contributed by atoms with Crippen LogP contribution in [0, 0.1) is 11.6 Å². The van der Waals surface area contributed by atoms with E-state index in [9.17, 15) is 31.9 Å². The highest BCUT2D eigenvalue weighted by Crippen LogP contribution is 2.35. The number of halogens is 4. The van der Waals surface area contributed by atoms with Crippen LogP contribution in [0.5, 0.6) is 5.88 Å². The second-order valence-corrected chi connectivity index (χ2v) is 11.2. The molecule has 3 aliphatic heterocycles. The molecule has 14 heteroatoms. The average Bonchev–Trinajstić information content (AvgIpc) is 3.40. The molecule has 0 bridgehead atoms. The van der Waals surface area contributed by atoms with E-state index in [0.717, 1.165) is 17.0 Å². The molecule has 0 aliphatic carbocycles. The topological polar surface area (TPSA) is 97.2 Å². The van der Waals surface area contributed by atoms with Crippen LogP contribution in [-0.2, 0) is 22.7 Å². The summed E-state index contributed by atoms with van der Waals surface area (Å²) in [7, 11) is 0. The van der Waals surface area contributed by atoms with Gasteiger partial charge in [0.25, 0.3) is 5.92 Å². The minimum Gasteiger partial charge on any atom is -0.473 e. The molecule has 2 aromatic rings. The van der Waals surface area contributed by atoms with E-state index in [-0.39, 0.29) is 38.2 Å². The van der Waals surface area contributed by atoms with Gasteiger partial charge >= 0.3 is 11.8 Å². The highest BCUT2D eigenvalue weighted by Gasteiger charge is 2.52. The zero-order chi connectivity index (χ0) is 29.0. The van der Waals surface area contributed by atoms with Crippen LogP contribution in [0.15, 0.2) is 29.1 Å². The summed E-state index contributed by atoms with van der Waals surface area (Å²) < 4.78 is 67.6. The van der Waals surface area contributed by atoms with Crippen molar-refractivity contribution in [1.82, 2.24) is 19.4 Å². The van der Waals surface area contributed by atoms with Gasteiger partial charge in [-0.05, 0) is 38.5 Å². The molecular weight excluding hydrogens is 538 g/mol. The van der Waals surface area contributed by atoms with Gasteiger partial charge in [0.1, 0.15) is 24.1 Å². The summed E-state index contributed by atoms with van der Waals surface area (Å²) in [5.41, 5.74) is -1.15. The number of alkyl halides is 2. The lowest BCUT2D eigenvalue weighted by Gasteiger charge is -2.40. The minimum atomic E-state index is -3.22. The number of amides is 2. The Kier molecular flexibility index (Phi) is 6.91. The van der Waals surface area contributed by atoms with Crippen molar-refractivity contribution < 1.29 is 36.6 Å². The molecule has 1 aromatic carbocycles. The molecule has 0 saturated carbocycles. The number of nitrogens with zero attached hydrogens (tertiary/aromatic N) is 5. The fourth-order valence-electron chi connectivity index (χ4n) is 5.23. The second kappa shape index (κ2) is 9.97. The number of benzene rings is 1. The largest absolute Gasteiger partial charge is 0.473 e. The Balaban J connectivity index is 1.27. The Hall–Kier alpha value is -3.84. The van der Waals surface area contributed by atoms with E-state index in [1.807, 2.05) is 4.90 Å². The summed E-state index contributed by atoms with van der Waals surface area (Å²) >= 11 is 0.